The van der Waals surface area contributed by atoms with Crippen LogP contribution in [0.4, 0.5) is 10.1 Å². The molecule has 0 saturated carbocycles. The van der Waals surface area contributed by atoms with Gasteiger partial charge in [0, 0.05) is 18.7 Å². The summed E-state index contributed by atoms with van der Waals surface area (Å²) in [5.74, 6) is -0.240. The second kappa shape index (κ2) is 3.90. The van der Waals surface area contributed by atoms with Gasteiger partial charge in [-0.1, -0.05) is 0 Å². The molecule has 1 aromatic rings. The van der Waals surface area contributed by atoms with E-state index in [1.54, 1.807) is 19.1 Å². The third-order valence-electron chi connectivity index (χ3n) is 2.93. The number of halogens is 1. The SMILES string of the molecule is Cc1c(C#N)ccc(N2CCCC2)c1F. The van der Waals surface area contributed by atoms with Crippen molar-refractivity contribution < 1.29 is 4.39 Å². The Morgan fingerprint density at radius 1 is 1.33 bits per heavy atom. The monoisotopic (exact) mass is 204 g/mol. The molecular formula is C12H13FN2. The molecule has 0 N–H and O–H groups in total. The highest BCUT2D eigenvalue weighted by atomic mass is 19.1. The maximum atomic E-state index is 13.9. The summed E-state index contributed by atoms with van der Waals surface area (Å²) in [6, 6.07) is 5.41. The largest absolute Gasteiger partial charge is 0.369 e. The normalized spacial score (nSPS) is 15.4. The van der Waals surface area contributed by atoms with E-state index in [0.29, 0.717) is 16.8 Å². The third-order valence-corrected chi connectivity index (χ3v) is 2.93. The molecule has 1 aliphatic rings. The molecule has 78 valence electrons. The van der Waals surface area contributed by atoms with E-state index in [1.807, 2.05) is 11.0 Å². The van der Waals surface area contributed by atoms with Gasteiger partial charge in [-0.25, -0.2) is 4.39 Å². The molecule has 1 saturated heterocycles. The van der Waals surface area contributed by atoms with Crippen LogP contribution in [0.15, 0.2) is 12.1 Å². The molecule has 0 unspecified atom stereocenters. The minimum absolute atomic E-state index is 0.240. The zero-order valence-electron chi connectivity index (χ0n) is 8.76. The minimum Gasteiger partial charge on any atom is -0.369 e. The van der Waals surface area contributed by atoms with Gasteiger partial charge in [0.2, 0.25) is 0 Å². The summed E-state index contributed by atoms with van der Waals surface area (Å²) in [7, 11) is 0. The van der Waals surface area contributed by atoms with Crippen molar-refractivity contribution in [2.24, 2.45) is 0 Å². The summed E-state index contributed by atoms with van der Waals surface area (Å²) >= 11 is 0. The number of nitrogens with zero attached hydrogens (tertiary/aromatic N) is 2. The summed E-state index contributed by atoms with van der Waals surface area (Å²) in [6.07, 6.45) is 2.25. The van der Waals surface area contributed by atoms with Crippen LogP contribution in [0.2, 0.25) is 0 Å². The Balaban J connectivity index is 2.42. The molecule has 1 aliphatic heterocycles. The van der Waals surface area contributed by atoms with Crippen molar-refractivity contribution in [1.29, 1.82) is 5.26 Å². The van der Waals surface area contributed by atoms with Crippen LogP contribution in [0.5, 0.6) is 0 Å². The second-order valence-corrected chi connectivity index (χ2v) is 3.88. The number of hydrogen-bond donors (Lipinski definition) is 0. The molecule has 2 nitrogen and oxygen atoms in total. The maximum absolute atomic E-state index is 13.9. The molecule has 0 atom stereocenters. The Hall–Kier alpha value is -1.56. The van der Waals surface area contributed by atoms with Crippen LogP contribution < -0.4 is 4.90 Å². The van der Waals surface area contributed by atoms with Crippen molar-refractivity contribution in [3.63, 3.8) is 0 Å². The van der Waals surface area contributed by atoms with E-state index >= 15 is 0 Å². The van der Waals surface area contributed by atoms with Crippen LogP contribution >= 0.6 is 0 Å². The summed E-state index contributed by atoms with van der Waals surface area (Å²) in [4.78, 5) is 2.05. The summed E-state index contributed by atoms with van der Waals surface area (Å²) in [6.45, 7) is 3.50. The fourth-order valence-electron chi connectivity index (χ4n) is 1.99. The van der Waals surface area contributed by atoms with Crippen LogP contribution in [-0.4, -0.2) is 13.1 Å². The molecule has 0 amide bonds. The molecule has 1 fully saturated rings. The smallest absolute Gasteiger partial charge is 0.150 e. The molecule has 0 aromatic heterocycles. The molecule has 0 bridgehead atoms. The highest BCUT2D eigenvalue weighted by Crippen LogP contribution is 2.27. The number of benzene rings is 1. The lowest BCUT2D eigenvalue weighted by Crippen LogP contribution is -2.19. The van der Waals surface area contributed by atoms with E-state index < -0.39 is 0 Å². The van der Waals surface area contributed by atoms with Gasteiger partial charge in [0.05, 0.1) is 17.3 Å². The van der Waals surface area contributed by atoms with Crippen LogP contribution in [0.3, 0.4) is 0 Å². The first-order valence-corrected chi connectivity index (χ1v) is 5.18. The van der Waals surface area contributed by atoms with Gasteiger partial charge in [0.25, 0.3) is 0 Å². The van der Waals surface area contributed by atoms with Gasteiger partial charge < -0.3 is 4.90 Å². The summed E-state index contributed by atoms with van der Waals surface area (Å²) in [5, 5.41) is 8.77. The molecule has 0 radical (unpaired) electrons. The average molecular weight is 204 g/mol. The standard InChI is InChI=1S/C12H13FN2/c1-9-10(8-14)4-5-11(12(9)13)15-6-2-3-7-15/h4-5H,2-3,6-7H2,1H3. The van der Waals surface area contributed by atoms with Gasteiger partial charge in [-0.05, 0) is 31.9 Å². The first kappa shape index (κ1) is 9.97. The lowest BCUT2D eigenvalue weighted by Gasteiger charge is -2.19. The van der Waals surface area contributed by atoms with E-state index in [-0.39, 0.29) is 5.82 Å². The van der Waals surface area contributed by atoms with Gasteiger partial charge in [-0.2, -0.15) is 5.26 Å². The highest BCUT2D eigenvalue weighted by Gasteiger charge is 2.18. The quantitative estimate of drug-likeness (QED) is 0.703. The van der Waals surface area contributed by atoms with Gasteiger partial charge in [0.1, 0.15) is 0 Å². The number of rotatable bonds is 1. The molecule has 0 spiro atoms. The van der Waals surface area contributed by atoms with E-state index in [9.17, 15) is 4.39 Å². The fourth-order valence-corrected chi connectivity index (χ4v) is 1.99. The van der Waals surface area contributed by atoms with Crippen molar-refractivity contribution in [3.8, 4) is 6.07 Å². The predicted octanol–water partition coefficient (Wildman–Crippen LogP) is 2.61. The first-order chi connectivity index (χ1) is 7.24. The summed E-state index contributed by atoms with van der Waals surface area (Å²) < 4.78 is 13.9. The minimum atomic E-state index is -0.240. The lowest BCUT2D eigenvalue weighted by atomic mass is 10.1. The lowest BCUT2D eigenvalue weighted by molar-refractivity contribution is 0.613. The average Bonchev–Trinajstić information content (AvgIpc) is 2.75. The van der Waals surface area contributed by atoms with Crippen LogP contribution in [0.25, 0.3) is 0 Å². The molecule has 1 heterocycles. The second-order valence-electron chi connectivity index (χ2n) is 3.88. The van der Waals surface area contributed by atoms with Crippen molar-refractivity contribution in [2.75, 3.05) is 18.0 Å². The van der Waals surface area contributed by atoms with Crippen LogP contribution in [0.1, 0.15) is 24.0 Å². The topological polar surface area (TPSA) is 27.0 Å². The molecule has 1 aromatic carbocycles. The van der Waals surface area contributed by atoms with Crippen molar-refractivity contribution in [2.45, 2.75) is 19.8 Å². The van der Waals surface area contributed by atoms with Crippen LogP contribution in [-0.2, 0) is 0 Å². The van der Waals surface area contributed by atoms with E-state index in [4.69, 9.17) is 5.26 Å². The zero-order chi connectivity index (χ0) is 10.8. The van der Waals surface area contributed by atoms with Crippen LogP contribution in [0, 0.1) is 24.1 Å². The van der Waals surface area contributed by atoms with Gasteiger partial charge in [-0.3, -0.25) is 0 Å². The predicted molar refractivity (Wildman–Crippen MR) is 57.3 cm³/mol. The van der Waals surface area contributed by atoms with Gasteiger partial charge >= 0.3 is 0 Å². The maximum Gasteiger partial charge on any atom is 0.150 e. The zero-order valence-corrected chi connectivity index (χ0v) is 8.76. The number of hydrogen-bond acceptors (Lipinski definition) is 2. The fraction of sp³-hybridized carbons (Fsp3) is 0.417. The van der Waals surface area contributed by atoms with E-state index in [0.717, 1.165) is 25.9 Å². The number of nitriles is 1. The molecule has 3 heteroatoms. The Morgan fingerprint density at radius 2 is 2.00 bits per heavy atom. The Bertz CT molecular complexity index is 414. The van der Waals surface area contributed by atoms with Gasteiger partial charge in [-0.15, -0.1) is 0 Å². The Labute approximate surface area is 88.9 Å². The van der Waals surface area contributed by atoms with Gasteiger partial charge in [0.15, 0.2) is 5.82 Å². The van der Waals surface area contributed by atoms with E-state index in [1.165, 1.54) is 0 Å². The van der Waals surface area contributed by atoms with E-state index in [2.05, 4.69) is 0 Å². The summed E-state index contributed by atoms with van der Waals surface area (Å²) in [5.41, 5.74) is 1.53. The molecular weight excluding hydrogens is 191 g/mol. The van der Waals surface area contributed by atoms with Crippen molar-refractivity contribution in [3.05, 3.63) is 29.1 Å². The Kier molecular flexibility index (Phi) is 2.59. The third kappa shape index (κ3) is 1.68. The molecule has 2 rings (SSSR count). The van der Waals surface area contributed by atoms with Crippen molar-refractivity contribution >= 4 is 5.69 Å². The van der Waals surface area contributed by atoms with Crippen molar-refractivity contribution in [1.82, 2.24) is 0 Å². The highest BCUT2D eigenvalue weighted by molar-refractivity contribution is 5.55. The first-order valence-electron chi connectivity index (χ1n) is 5.18. The molecule has 15 heavy (non-hydrogen) atoms. The Morgan fingerprint density at radius 3 is 2.60 bits per heavy atom. The molecule has 0 aliphatic carbocycles. The number of anilines is 1.